The molecule has 140 valence electrons. The highest BCUT2D eigenvalue weighted by atomic mass is 16.1. The number of piperidine rings is 1. The van der Waals surface area contributed by atoms with Crippen LogP contribution in [0.3, 0.4) is 0 Å². The van der Waals surface area contributed by atoms with Gasteiger partial charge in [-0.1, -0.05) is 30.3 Å². The van der Waals surface area contributed by atoms with Gasteiger partial charge in [0.05, 0.1) is 12.1 Å². The standard InChI is InChI=1S/C21H25N5O/c27-21(23-12-4-8-17-6-2-1-3-7-17)18-9-5-15-25(16-18)20-11-13-22-19-10-14-24-26(19)20/h1-3,6-7,10-11,13-14,18H,4-5,8-9,12,15-16H2,(H,23,27). The lowest BCUT2D eigenvalue weighted by Gasteiger charge is -2.33. The van der Waals surface area contributed by atoms with Crippen molar-refractivity contribution in [3.8, 4) is 0 Å². The maximum absolute atomic E-state index is 12.6. The Labute approximate surface area is 159 Å². The zero-order chi connectivity index (χ0) is 18.5. The minimum atomic E-state index is 0.0225. The first-order chi connectivity index (χ1) is 13.3. The predicted molar refractivity (Wildman–Crippen MR) is 106 cm³/mol. The molecule has 0 bridgehead atoms. The maximum Gasteiger partial charge on any atom is 0.224 e. The first-order valence-corrected chi connectivity index (χ1v) is 9.66. The van der Waals surface area contributed by atoms with Gasteiger partial charge in [-0.15, -0.1) is 0 Å². The summed E-state index contributed by atoms with van der Waals surface area (Å²) in [6, 6.07) is 14.3. The van der Waals surface area contributed by atoms with Crippen LogP contribution in [0.5, 0.6) is 0 Å². The SMILES string of the molecule is O=C(NCCCc1ccccc1)C1CCCN(c2ccnc3ccnn23)C1. The van der Waals surface area contributed by atoms with Crippen molar-refractivity contribution in [1.82, 2.24) is 19.9 Å². The maximum atomic E-state index is 12.6. The predicted octanol–water partition coefficient (Wildman–Crippen LogP) is 2.69. The summed E-state index contributed by atoms with van der Waals surface area (Å²) in [5.74, 6) is 1.19. The van der Waals surface area contributed by atoms with E-state index in [1.54, 1.807) is 12.4 Å². The van der Waals surface area contributed by atoms with Gasteiger partial charge in [0.15, 0.2) is 5.65 Å². The van der Waals surface area contributed by atoms with Crippen LogP contribution in [-0.4, -0.2) is 40.1 Å². The van der Waals surface area contributed by atoms with Gasteiger partial charge in [0, 0.05) is 31.9 Å². The summed E-state index contributed by atoms with van der Waals surface area (Å²) in [7, 11) is 0. The first kappa shape index (κ1) is 17.5. The number of carbonyl (C=O) groups is 1. The molecular weight excluding hydrogens is 338 g/mol. The Bertz CT molecular complexity index is 892. The fraction of sp³-hybridized carbons (Fsp3) is 0.381. The van der Waals surface area contributed by atoms with Crippen LogP contribution in [0.25, 0.3) is 5.65 Å². The van der Waals surface area contributed by atoms with Gasteiger partial charge in [0.25, 0.3) is 0 Å². The lowest BCUT2D eigenvalue weighted by Crippen LogP contribution is -2.44. The van der Waals surface area contributed by atoms with Crippen molar-refractivity contribution in [2.24, 2.45) is 5.92 Å². The zero-order valence-electron chi connectivity index (χ0n) is 15.4. The van der Waals surface area contributed by atoms with Gasteiger partial charge in [-0.3, -0.25) is 4.79 Å². The van der Waals surface area contributed by atoms with Crippen LogP contribution in [0.1, 0.15) is 24.8 Å². The van der Waals surface area contributed by atoms with Gasteiger partial charge >= 0.3 is 0 Å². The quantitative estimate of drug-likeness (QED) is 0.684. The summed E-state index contributed by atoms with van der Waals surface area (Å²) in [4.78, 5) is 19.2. The minimum Gasteiger partial charge on any atom is -0.356 e. The van der Waals surface area contributed by atoms with E-state index in [-0.39, 0.29) is 11.8 Å². The summed E-state index contributed by atoms with van der Waals surface area (Å²) in [6.45, 7) is 2.39. The summed E-state index contributed by atoms with van der Waals surface area (Å²) in [6.07, 6.45) is 7.46. The van der Waals surface area contributed by atoms with Crippen LogP contribution in [0.4, 0.5) is 5.82 Å². The van der Waals surface area contributed by atoms with Crippen LogP contribution in [0.2, 0.25) is 0 Å². The molecule has 6 heteroatoms. The normalized spacial score (nSPS) is 17.2. The summed E-state index contributed by atoms with van der Waals surface area (Å²) in [5.41, 5.74) is 2.15. The van der Waals surface area contributed by atoms with Crippen LogP contribution >= 0.6 is 0 Å². The van der Waals surface area contributed by atoms with Crippen LogP contribution in [0, 0.1) is 5.92 Å². The number of fused-ring (bicyclic) bond motifs is 1. The second-order valence-electron chi connectivity index (χ2n) is 7.07. The van der Waals surface area contributed by atoms with Crippen molar-refractivity contribution < 1.29 is 4.79 Å². The molecule has 3 aromatic rings. The molecule has 1 aliphatic heterocycles. The van der Waals surface area contributed by atoms with Gasteiger partial charge in [0.2, 0.25) is 5.91 Å². The Morgan fingerprint density at radius 2 is 2.04 bits per heavy atom. The number of hydrogen-bond donors (Lipinski definition) is 1. The van der Waals surface area contributed by atoms with Gasteiger partial charge in [0.1, 0.15) is 5.82 Å². The Morgan fingerprint density at radius 1 is 1.15 bits per heavy atom. The highest BCUT2D eigenvalue weighted by molar-refractivity contribution is 5.79. The van der Waals surface area contributed by atoms with E-state index in [4.69, 9.17) is 0 Å². The van der Waals surface area contributed by atoms with Gasteiger partial charge in [-0.2, -0.15) is 9.61 Å². The zero-order valence-corrected chi connectivity index (χ0v) is 15.4. The molecular formula is C21H25N5O. The van der Waals surface area contributed by atoms with Crippen molar-refractivity contribution >= 4 is 17.4 Å². The van der Waals surface area contributed by atoms with Crippen molar-refractivity contribution in [2.45, 2.75) is 25.7 Å². The molecule has 1 fully saturated rings. The fourth-order valence-electron chi connectivity index (χ4n) is 3.75. The van der Waals surface area contributed by atoms with Crippen LogP contribution in [0.15, 0.2) is 54.9 Å². The molecule has 1 N–H and O–H groups in total. The third-order valence-electron chi connectivity index (χ3n) is 5.17. The number of aromatic nitrogens is 3. The molecule has 1 atom stereocenters. The van der Waals surface area contributed by atoms with Crippen molar-refractivity contribution in [2.75, 3.05) is 24.5 Å². The van der Waals surface area contributed by atoms with E-state index in [9.17, 15) is 4.79 Å². The summed E-state index contributed by atoms with van der Waals surface area (Å²) >= 11 is 0. The Hall–Kier alpha value is -2.89. The third kappa shape index (κ3) is 4.10. The molecule has 1 aromatic carbocycles. The monoisotopic (exact) mass is 363 g/mol. The number of nitrogens with one attached hydrogen (secondary N) is 1. The van der Waals surface area contributed by atoms with E-state index in [2.05, 4.69) is 44.6 Å². The first-order valence-electron chi connectivity index (χ1n) is 9.66. The largest absolute Gasteiger partial charge is 0.356 e. The summed E-state index contributed by atoms with van der Waals surface area (Å²) in [5, 5.41) is 7.49. The number of hydrogen-bond acceptors (Lipinski definition) is 4. The van der Waals surface area contributed by atoms with Crippen LogP contribution < -0.4 is 10.2 Å². The summed E-state index contributed by atoms with van der Waals surface area (Å²) < 4.78 is 1.85. The second-order valence-corrected chi connectivity index (χ2v) is 7.07. The molecule has 1 amide bonds. The Morgan fingerprint density at radius 3 is 2.93 bits per heavy atom. The molecule has 0 radical (unpaired) electrons. The van der Waals surface area contributed by atoms with E-state index < -0.39 is 0 Å². The molecule has 1 aliphatic rings. The molecule has 6 nitrogen and oxygen atoms in total. The highest BCUT2D eigenvalue weighted by Gasteiger charge is 2.26. The van der Waals surface area contributed by atoms with Crippen molar-refractivity contribution in [1.29, 1.82) is 0 Å². The Kier molecular flexibility index (Phi) is 5.32. The third-order valence-corrected chi connectivity index (χ3v) is 5.17. The van der Waals surface area contributed by atoms with Crippen LogP contribution in [-0.2, 0) is 11.2 Å². The molecule has 27 heavy (non-hydrogen) atoms. The van der Waals surface area contributed by atoms with Gasteiger partial charge in [-0.05, 0) is 37.3 Å². The number of benzene rings is 1. The topological polar surface area (TPSA) is 62.5 Å². The highest BCUT2D eigenvalue weighted by Crippen LogP contribution is 2.23. The Balaban J connectivity index is 1.31. The van der Waals surface area contributed by atoms with E-state index in [0.717, 1.165) is 56.8 Å². The molecule has 3 heterocycles. The van der Waals surface area contributed by atoms with Gasteiger partial charge in [-0.25, -0.2) is 4.98 Å². The number of carbonyl (C=O) groups excluding carboxylic acids is 1. The van der Waals surface area contributed by atoms with E-state index >= 15 is 0 Å². The lowest BCUT2D eigenvalue weighted by molar-refractivity contribution is -0.125. The number of aryl methyl sites for hydroxylation is 1. The van der Waals surface area contributed by atoms with E-state index in [1.807, 2.05) is 22.7 Å². The fourth-order valence-corrected chi connectivity index (χ4v) is 3.75. The average Bonchev–Trinajstić information content (AvgIpc) is 3.21. The molecule has 0 saturated carbocycles. The molecule has 1 unspecified atom stereocenters. The smallest absolute Gasteiger partial charge is 0.224 e. The lowest BCUT2D eigenvalue weighted by atomic mass is 9.97. The molecule has 0 aliphatic carbocycles. The molecule has 2 aromatic heterocycles. The van der Waals surface area contributed by atoms with E-state index in [1.165, 1.54) is 5.56 Å². The average molecular weight is 363 g/mol. The second kappa shape index (κ2) is 8.20. The molecule has 0 spiro atoms. The minimum absolute atomic E-state index is 0.0225. The van der Waals surface area contributed by atoms with Crippen molar-refractivity contribution in [3.63, 3.8) is 0 Å². The number of rotatable bonds is 6. The molecule has 1 saturated heterocycles. The van der Waals surface area contributed by atoms with E-state index in [0.29, 0.717) is 0 Å². The molecule has 4 rings (SSSR count). The number of nitrogens with zero attached hydrogens (tertiary/aromatic N) is 4. The van der Waals surface area contributed by atoms with Crippen molar-refractivity contribution in [3.05, 3.63) is 60.4 Å². The van der Waals surface area contributed by atoms with Gasteiger partial charge < -0.3 is 10.2 Å². The number of anilines is 1. The number of amides is 1.